The number of hydrogen-bond donors (Lipinski definition) is 0. The average molecular weight is 617 g/mol. The summed E-state index contributed by atoms with van der Waals surface area (Å²) in [7, 11) is -5.94. The van der Waals surface area contributed by atoms with Crippen LogP contribution < -0.4 is 0 Å². The fourth-order valence-corrected chi connectivity index (χ4v) is 6.68. The van der Waals surface area contributed by atoms with Gasteiger partial charge in [-0.2, -0.15) is 21.6 Å². The lowest BCUT2D eigenvalue weighted by atomic mass is 9.51. The number of benzene rings is 1. The highest BCUT2D eigenvalue weighted by atomic mass is 32.2. The van der Waals surface area contributed by atoms with Gasteiger partial charge in [0.05, 0.1) is 25.9 Å². The second-order valence-electron chi connectivity index (χ2n) is 12.4. The number of carbonyl (C=O) groups excluding carboxylic acids is 1. The summed E-state index contributed by atoms with van der Waals surface area (Å²) in [4.78, 5) is 14.1. The van der Waals surface area contributed by atoms with Crippen molar-refractivity contribution in [1.82, 2.24) is 0 Å². The number of carbonyl (C=O) groups is 1. The largest absolute Gasteiger partial charge is 0.534 e. The van der Waals surface area contributed by atoms with E-state index in [2.05, 4.69) is 0 Å². The first-order valence-corrected chi connectivity index (χ1v) is 15.5. The first kappa shape index (κ1) is 32.5. The average Bonchev–Trinajstić information content (AvgIpc) is 2.87. The molecule has 2 fully saturated rings. The van der Waals surface area contributed by atoms with Crippen molar-refractivity contribution in [3.05, 3.63) is 59.4 Å². The molecule has 1 aliphatic heterocycles. The lowest BCUT2D eigenvalue weighted by Crippen LogP contribution is -2.57. The molecule has 0 aromatic heterocycles. The summed E-state index contributed by atoms with van der Waals surface area (Å²) >= 11 is 0. The van der Waals surface area contributed by atoms with Gasteiger partial charge in [-0.3, -0.25) is 4.79 Å². The van der Waals surface area contributed by atoms with Crippen LogP contribution in [-0.4, -0.2) is 51.1 Å². The second kappa shape index (κ2) is 11.9. The van der Waals surface area contributed by atoms with Crippen molar-refractivity contribution in [2.45, 2.75) is 90.4 Å². The van der Waals surface area contributed by atoms with Crippen LogP contribution in [0.4, 0.5) is 13.2 Å². The van der Waals surface area contributed by atoms with E-state index in [0.717, 1.165) is 5.56 Å². The topological polar surface area (TPSA) is 97.4 Å². The zero-order valence-corrected chi connectivity index (χ0v) is 25.3. The lowest BCUT2D eigenvalue weighted by Gasteiger charge is -2.56. The number of ether oxygens (including phenoxy) is 4. The SMILES string of the molecule is CC(C)OC1C[C@H]2C(OS(=O)(=O)C(F)(F)F)=CC=C3[C@@](COCc4ccccc4)(C(=O)OC(C)(C)C)CCC[C@@]32CO1. The van der Waals surface area contributed by atoms with E-state index in [4.69, 9.17) is 23.1 Å². The van der Waals surface area contributed by atoms with Gasteiger partial charge in [-0.25, -0.2) is 0 Å². The molecule has 0 amide bonds. The van der Waals surface area contributed by atoms with Crippen LogP contribution >= 0.6 is 0 Å². The van der Waals surface area contributed by atoms with Gasteiger partial charge in [0, 0.05) is 17.8 Å². The van der Waals surface area contributed by atoms with Crippen LogP contribution in [0.2, 0.25) is 0 Å². The van der Waals surface area contributed by atoms with Crippen molar-refractivity contribution in [2.75, 3.05) is 13.2 Å². The number of alkyl halides is 3. The molecule has 1 aromatic carbocycles. The van der Waals surface area contributed by atoms with E-state index in [1.54, 1.807) is 34.6 Å². The summed E-state index contributed by atoms with van der Waals surface area (Å²) in [6.45, 7) is 9.01. The molecule has 1 spiro atoms. The van der Waals surface area contributed by atoms with Gasteiger partial charge in [-0.05, 0) is 64.7 Å². The maximum Gasteiger partial charge on any atom is 0.534 e. The van der Waals surface area contributed by atoms with E-state index in [0.29, 0.717) is 24.8 Å². The van der Waals surface area contributed by atoms with Crippen molar-refractivity contribution in [1.29, 1.82) is 0 Å². The van der Waals surface area contributed by atoms with Gasteiger partial charge >= 0.3 is 21.6 Å². The van der Waals surface area contributed by atoms with Crippen LogP contribution in [0.3, 0.4) is 0 Å². The zero-order chi connectivity index (χ0) is 31.0. The molecule has 0 N–H and O–H groups in total. The minimum atomic E-state index is -5.94. The summed E-state index contributed by atoms with van der Waals surface area (Å²) in [6.07, 6.45) is 2.97. The normalized spacial score (nSPS) is 28.3. The number of halogens is 3. The third-order valence-electron chi connectivity index (χ3n) is 7.82. The van der Waals surface area contributed by atoms with Crippen molar-refractivity contribution in [3.63, 3.8) is 0 Å². The Labute approximate surface area is 245 Å². The molecular weight excluding hydrogens is 577 g/mol. The van der Waals surface area contributed by atoms with E-state index < -0.39 is 50.2 Å². The molecule has 1 saturated carbocycles. The molecule has 2 aliphatic carbocycles. The summed E-state index contributed by atoms with van der Waals surface area (Å²) < 4.78 is 93.1. The Hall–Kier alpha value is -2.41. The summed E-state index contributed by atoms with van der Waals surface area (Å²) in [5, 5.41) is 0. The van der Waals surface area contributed by atoms with E-state index in [1.807, 2.05) is 30.3 Å². The second-order valence-corrected chi connectivity index (χ2v) is 14.0. The summed E-state index contributed by atoms with van der Waals surface area (Å²) in [5.41, 5.74) is -7.30. The van der Waals surface area contributed by atoms with E-state index in [9.17, 15) is 26.4 Å². The Morgan fingerprint density at radius 2 is 1.79 bits per heavy atom. The van der Waals surface area contributed by atoms with Crippen LogP contribution in [0.1, 0.15) is 65.9 Å². The number of allylic oxidation sites excluding steroid dienone is 3. The van der Waals surface area contributed by atoms with Gasteiger partial charge in [0.2, 0.25) is 0 Å². The van der Waals surface area contributed by atoms with Crippen LogP contribution in [0.25, 0.3) is 0 Å². The molecule has 0 radical (unpaired) electrons. The highest BCUT2D eigenvalue weighted by Crippen LogP contribution is 2.62. The molecule has 4 atom stereocenters. The predicted molar refractivity (Wildman–Crippen MR) is 147 cm³/mol. The molecule has 1 aromatic rings. The molecule has 3 aliphatic rings. The minimum Gasteiger partial charge on any atom is -0.459 e. The molecule has 42 heavy (non-hydrogen) atoms. The van der Waals surface area contributed by atoms with Crippen molar-refractivity contribution < 1.29 is 49.5 Å². The smallest absolute Gasteiger partial charge is 0.459 e. The molecule has 234 valence electrons. The molecule has 0 bridgehead atoms. The van der Waals surface area contributed by atoms with E-state index >= 15 is 0 Å². The quantitative estimate of drug-likeness (QED) is 0.184. The standard InChI is InChI=1S/C30H39F3O8S/c1-20(2)39-25-16-22-23(41-42(35,36)30(31,32)33)12-13-24-28(22,19-38-25)14-9-15-29(24,26(34)40-27(3,4)5)18-37-17-21-10-7-6-8-11-21/h6-8,10-13,20,22,25H,9,14-19H2,1-5H3/t22-,25?,28-,29+/m0/s1. The third kappa shape index (κ3) is 6.71. The van der Waals surface area contributed by atoms with Crippen molar-refractivity contribution >= 4 is 16.1 Å². The molecule has 12 heteroatoms. The van der Waals surface area contributed by atoms with Gasteiger partial charge < -0.3 is 23.1 Å². The summed E-state index contributed by atoms with van der Waals surface area (Å²) in [6, 6.07) is 9.43. The molecule has 1 unspecified atom stereocenters. The molecule has 8 nitrogen and oxygen atoms in total. The molecule has 4 rings (SSSR count). The maximum absolute atomic E-state index is 14.1. The van der Waals surface area contributed by atoms with Crippen molar-refractivity contribution in [3.8, 4) is 0 Å². The predicted octanol–water partition coefficient (Wildman–Crippen LogP) is 6.18. The monoisotopic (exact) mass is 616 g/mol. The summed E-state index contributed by atoms with van der Waals surface area (Å²) in [5.74, 6) is -1.75. The molecule has 1 saturated heterocycles. The van der Waals surface area contributed by atoms with Crippen molar-refractivity contribution in [2.24, 2.45) is 16.7 Å². The first-order valence-electron chi connectivity index (χ1n) is 14.0. The number of rotatable bonds is 9. The Morgan fingerprint density at radius 3 is 2.40 bits per heavy atom. The van der Waals surface area contributed by atoms with Gasteiger partial charge in [-0.15, -0.1) is 0 Å². The van der Waals surface area contributed by atoms with Crippen LogP contribution in [0.15, 0.2) is 53.8 Å². The van der Waals surface area contributed by atoms with Gasteiger partial charge in [-0.1, -0.05) is 42.8 Å². The minimum absolute atomic E-state index is 0.0170. The fraction of sp³-hybridized carbons (Fsp3) is 0.633. The fourth-order valence-electron chi connectivity index (χ4n) is 6.16. The Morgan fingerprint density at radius 1 is 1.10 bits per heavy atom. The first-order chi connectivity index (χ1) is 19.5. The third-order valence-corrected chi connectivity index (χ3v) is 8.80. The number of esters is 1. The maximum atomic E-state index is 14.1. The number of hydrogen-bond acceptors (Lipinski definition) is 8. The van der Waals surface area contributed by atoms with Gasteiger partial charge in [0.25, 0.3) is 0 Å². The van der Waals surface area contributed by atoms with Crippen LogP contribution in [-0.2, 0) is 44.7 Å². The molecule has 1 heterocycles. The van der Waals surface area contributed by atoms with E-state index in [1.165, 1.54) is 12.2 Å². The van der Waals surface area contributed by atoms with E-state index in [-0.39, 0.29) is 38.1 Å². The van der Waals surface area contributed by atoms with Crippen LogP contribution in [0, 0.1) is 16.7 Å². The Balaban J connectivity index is 1.79. The Kier molecular flexibility index (Phi) is 9.24. The Bertz CT molecular complexity index is 1300. The van der Waals surface area contributed by atoms with Gasteiger partial charge in [0.15, 0.2) is 6.29 Å². The zero-order valence-electron chi connectivity index (χ0n) is 24.5. The lowest BCUT2D eigenvalue weighted by molar-refractivity contribution is -0.227. The van der Waals surface area contributed by atoms with Gasteiger partial charge in [0.1, 0.15) is 16.8 Å². The highest BCUT2D eigenvalue weighted by molar-refractivity contribution is 7.87. The van der Waals surface area contributed by atoms with Crippen LogP contribution in [0.5, 0.6) is 0 Å². The molecular formula is C30H39F3O8S. The highest BCUT2D eigenvalue weighted by Gasteiger charge is 2.62.